The van der Waals surface area contributed by atoms with E-state index in [2.05, 4.69) is 5.92 Å². The molecule has 2 rings (SSSR count). The van der Waals surface area contributed by atoms with Gasteiger partial charge in [-0.1, -0.05) is 12.1 Å². The molecule has 0 spiro atoms. The van der Waals surface area contributed by atoms with E-state index >= 15 is 0 Å². The number of rotatable bonds is 1. The van der Waals surface area contributed by atoms with E-state index in [-0.39, 0.29) is 18.9 Å². The quantitative estimate of drug-likeness (QED) is 0.342. The Hall–Kier alpha value is -1.34. The van der Waals surface area contributed by atoms with E-state index in [9.17, 15) is 0 Å². The molecule has 0 amide bonds. The summed E-state index contributed by atoms with van der Waals surface area (Å²) in [6.45, 7) is 0. The van der Waals surface area contributed by atoms with Gasteiger partial charge in [0, 0.05) is 0 Å². The molecule has 0 bridgehead atoms. The van der Waals surface area contributed by atoms with Gasteiger partial charge in [0.1, 0.15) is 5.75 Å². The fourth-order valence-electron chi connectivity index (χ4n) is 1.43. The predicted octanol–water partition coefficient (Wildman–Crippen LogP) is -0.210. The van der Waals surface area contributed by atoms with Crippen LogP contribution in [0.2, 0.25) is 0 Å². The SMILES string of the molecule is [C-]#Cc1ccc2cc(OC)ccc2c1.[Li+]. The first-order valence-corrected chi connectivity index (χ1v) is 4.34. The van der Waals surface area contributed by atoms with Gasteiger partial charge in [-0.05, 0) is 22.9 Å². The molecule has 0 radical (unpaired) electrons. The van der Waals surface area contributed by atoms with Crippen molar-refractivity contribution >= 4 is 10.8 Å². The molecule has 0 heterocycles. The van der Waals surface area contributed by atoms with Gasteiger partial charge in [0.2, 0.25) is 0 Å². The van der Waals surface area contributed by atoms with E-state index in [4.69, 9.17) is 11.2 Å². The van der Waals surface area contributed by atoms with E-state index in [0.29, 0.717) is 0 Å². The summed E-state index contributed by atoms with van der Waals surface area (Å²) in [6, 6.07) is 11.6. The maximum Gasteiger partial charge on any atom is 1.00 e. The summed E-state index contributed by atoms with van der Waals surface area (Å²) >= 11 is 0. The van der Waals surface area contributed by atoms with Crippen LogP contribution < -0.4 is 23.6 Å². The molecule has 0 aromatic heterocycles. The third-order valence-corrected chi connectivity index (χ3v) is 2.19. The normalized spacial score (nSPS) is 9.07. The molecule has 15 heavy (non-hydrogen) atoms. The van der Waals surface area contributed by atoms with Crippen LogP contribution in [0.25, 0.3) is 10.8 Å². The molecule has 0 saturated heterocycles. The summed E-state index contributed by atoms with van der Waals surface area (Å²) < 4.78 is 5.13. The van der Waals surface area contributed by atoms with Crippen molar-refractivity contribution in [1.82, 2.24) is 0 Å². The van der Waals surface area contributed by atoms with E-state index < -0.39 is 0 Å². The second kappa shape index (κ2) is 4.94. The summed E-state index contributed by atoms with van der Waals surface area (Å²) in [4.78, 5) is 0. The van der Waals surface area contributed by atoms with E-state index in [0.717, 1.165) is 22.1 Å². The van der Waals surface area contributed by atoms with Crippen molar-refractivity contribution in [1.29, 1.82) is 0 Å². The number of ether oxygens (including phenoxy) is 1. The first kappa shape index (κ1) is 11.7. The molecule has 2 aromatic rings. The summed E-state index contributed by atoms with van der Waals surface area (Å²) in [5.41, 5.74) is 0.794. The monoisotopic (exact) mass is 188 g/mol. The molecule has 2 aromatic carbocycles. The van der Waals surface area contributed by atoms with Crippen LogP contribution in [0.15, 0.2) is 36.4 Å². The smallest absolute Gasteiger partial charge is 0.497 e. The molecule has 0 fully saturated rings. The van der Waals surface area contributed by atoms with E-state index in [1.54, 1.807) is 7.11 Å². The first-order chi connectivity index (χ1) is 6.83. The number of benzene rings is 2. The van der Waals surface area contributed by atoms with Gasteiger partial charge in [0.25, 0.3) is 0 Å². The van der Waals surface area contributed by atoms with Crippen molar-refractivity contribution in [3.05, 3.63) is 48.4 Å². The van der Waals surface area contributed by atoms with Crippen LogP contribution in [0, 0.1) is 12.3 Å². The van der Waals surface area contributed by atoms with Crippen LogP contribution in [-0.4, -0.2) is 7.11 Å². The van der Waals surface area contributed by atoms with Crippen LogP contribution in [0.3, 0.4) is 0 Å². The van der Waals surface area contributed by atoms with Gasteiger partial charge in [-0.15, -0.1) is 17.7 Å². The molecule has 0 atom stereocenters. The van der Waals surface area contributed by atoms with Crippen molar-refractivity contribution in [3.63, 3.8) is 0 Å². The number of hydrogen-bond acceptors (Lipinski definition) is 1. The van der Waals surface area contributed by atoms with Crippen LogP contribution in [-0.2, 0) is 0 Å². The standard InChI is InChI=1S/C13H9O.Li/c1-3-10-4-5-12-9-13(14-2)7-6-11(12)8-10;/h4-9H,2H3;/q-1;+1. The second-order valence-corrected chi connectivity index (χ2v) is 3.05. The van der Waals surface area contributed by atoms with Crippen LogP contribution in [0.5, 0.6) is 5.75 Å². The molecule has 0 aliphatic rings. The predicted molar refractivity (Wildman–Crippen MR) is 56.7 cm³/mol. The molecular weight excluding hydrogens is 179 g/mol. The minimum absolute atomic E-state index is 0. The van der Waals surface area contributed by atoms with Gasteiger partial charge in [-0.3, -0.25) is 5.92 Å². The largest absolute Gasteiger partial charge is 1.00 e. The van der Waals surface area contributed by atoms with Crippen molar-refractivity contribution in [2.75, 3.05) is 7.11 Å². The molecule has 0 unspecified atom stereocenters. The molecule has 0 N–H and O–H groups in total. The Morgan fingerprint density at radius 3 is 2.40 bits per heavy atom. The zero-order chi connectivity index (χ0) is 9.97. The number of fused-ring (bicyclic) bond motifs is 1. The Morgan fingerprint density at radius 2 is 1.73 bits per heavy atom. The van der Waals surface area contributed by atoms with Gasteiger partial charge in [0.05, 0.1) is 7.11 Å². The zero-order valence-electron chi connectivity index (χ0n) is 8.87. The molecule has 0 aliphatic carbocycles. The van der Waals surface area contributed by atoms with Crippen LogP contribution >= 0.6 is 0 Å². The summed E-state index contributed by atoms with van der Waals surface area (Å²) in [5.74, 6) is 3.22. The molecular formula is C13H9LiO. The average molecular weight is 188 g/mol. The second-order valence-electron chi connectivity index (χ2n) is 3.05. The zero-order valence-corrected chi connectivity index (χ0v) is 8.87. The van der Waals surface area contributed by atoms with E-state index in [1.807, 2.05) is 36.4 Å². The van der Waals surface area contributed by atoms with Gasteiger partial charge >= 0.3 is 18.9 Å². The van der Waals surface area contributed by atoms with Gasteiger partial charge in [-0.25, -0.2) is 0 Å². The van der Waals surface area contributed by atoms with Crippen molar-refractivity contribution in [2.24, 2.45) is 0 Å². The Labute approximate surface area is 102 Å². The molecule has 0 saturated carbocycles. The van der Waals surface area contributed by atoms with E-state index in [1.165, 1.54) is 0 Å². The Bertz CT molecular complexity index is 511. The summed E-state index contributed by atoms with van der Waals surface area (Å²) in [6.07, 6.45) is 7.02. The maximum absolute atomic E-state index is 7.02. The topological polar surface area (TPSA) is 9.23 Å². The maximum atomic E-state index is 7.02. The number of methoxy groups -OCH3 is 1. The van der Waals surface area contributed by atoms with Crippen molar-refractivity contribution in [2.45, 2.75) is 0 Å². The van der Waals surface area contributed by atoms with Crippen LogP contribution in [0.1, 0.15) is 5.56 Å². The van der Waals surface area contributed by atoms with Crippen LogP contribution in [0.4, 0.5) is 0 Å². The molecule has 2 heteroatoms. The Morgan fingerprint density at radius 1 is 1.07 bits per heavy atom. The van der Waals surface area contributed by atoms with Crippen molar-refractivity contribution in [3.8, 4) is 11.7 Å². The van der Waals surface area contributed by atoms with Crippen molar-refractivity contribution < 1.29 is 23.6 Å². The third kappa shape index (κ3) is 2.36. The molecule has 0 aliphatic heterocycles. The summed E-state index contributed by atoms with van der Waals surface area (Å²) in [7, 11) is 1.65. The minimum Gasteiger partial charge on any atom is -0.497 e. The fraction of sp³-hybridized carbons (Fsp3) is 0.0769. The average Bonchev–Trinajstić information content (AvgIpc) is 2.27. The molecule has 68 valence electrons. The molecule has 1 nitrogen and oxygen atoms in total. The van der Waals surface area contributed by atoms with Gasteiger partial charge in [-0.2, -0.15) is 0 Å². The third-order valence-electron chi connectivity index (χ3n) is 2.19. The Balaban J connectivity index is 0.00000112. The number of hydrogen-bond donors (Lipinski definition) is 0. The first-order valence-electron chi connectivity index (χ1n) is 4.34. The summed E-state index contributed by atoms with van der Waals surface area (Å²) in [5, 5.41) is 2.21. The Kier molecular flexibility index (Phi) is 3.86. The van der Waals surface area contributed by atoms with Gasteiger partial charge < -0.3 is 11.2 Å². The fourth-order valence-corrected chi connectivity index (χ4v) is 1.43. The van der Waals surface area contributed by atoms with Gasteiger partial charge in [0.15, 0.2) is 0 Å². The minimum atomic E-state index is 0.